The SMILES string of the molecule is OCC1CCCN1c1cc(N2CCN(c3ccccc3Cl)CC2)nc(-c2ccccc2)n1. The van der Waals surface area contributed by atoms with Gasteiger partial charge in [0.15, 0.2) is 5.82 Å². The molecule has 6 nitrogen and oxygen atoms in total. The van der Waals surface area contributed by atoms with Crippen LogP contribution in [0.3, 0.4) is 0 Å². The second-order valence-corrected chi connectivity index (χ2v) is 8.78. The van der Waals surface area contributed by atoms with Crippen molar-refractivity contribution < 1.29 is 5.11 Å². The molecule has 0 bridgehead atoms. The van der Waals surface area contributed by atoms with Gasteiger partial charge in [-0.1, -0.05) is 54.1 Å². The van der Waals surface area contributed by atoms with E-state index in [1.54, 1.807) is 0 Å². The number of halogens is 1. The van der Waals surface area contributed by atoms with E-state index in [2.05, 4.69) is 26.8 Å². The lowest BCUT2D eigenvalue weighted by Crippen LogP contribution is -2.47. The molecule has 0 aliphatic carbocycles. The first-order valence-electron chi connectivity index (χ1n) is 11.3. The van der Waals surface area contributed by atoms with Gasteiger partial charge in [0.25, 0.3) is 0 Å². The molecule has 0 spiro atoms. The average molecular weight is 450 g/mol. The van der Waals surface area contributed by atoms with Crippen LogP contribution in [0.1, 0.15) is 12.8 Å². The normalized spacial score (nSPS) is 18.9. The van der Waals surface area contributed by atoms with E-state index in [1.807, 2.05) is 48.5 Å². The summed E-state index contributed by atoms with van der Waals surface area (Å²) in [5.41, 5.74) is 2.09. The lowest BCUT2D eigenvalue weighted by atomic mass is 10.2. The molecule has 1 N–H and O–H groups in total. The molecule has 2 saturated heterocycles. The monoisotopic (exact) mass is 449 g/mol. The third kappa shape index (κ3) is 4.25. The van der Waals surface area contributed by atoms with Gasteiger partial charge < -0.3 is 19.8 Å². The second kappa shape index (κ2) is 9.35. The number of anilines is 3. The molecular weight excluding hydrogens is 422 g/mol. The maximum absolute atomic E-state index is 9.85. The van der Waals surface area contributed by atoms with E-state index in [-0.39, 0.29) is 12.6 Å². The number of aliphatic hydroxyl groups excluding tert-OH is 1. The molecule has 3 aromatic rings. The van der Waals surface area contributed by atoms with Gasteiger partial charge in [-0.15, -0.1) is 0 Å². The van der Waals surface area contributed by atoms with E-state index in [4.69, 9.17) is 21.6 Å². The molecular formula is C25H28ClN5O. The average Bonchev–Trinajstić information content (AvgIpc) is 3.34. The number of rotatable bonds is 5. The Morgan fingerprint density at radius 1 is 0.844 bits per heavy atom. The van der Waals surface area contributed by atoms with Gasteiger partial charge in [0.1, 0.15) is 11.6 Å². The van der Waals surface area contributed by atoms with Gasteiger partial charge in [-0.2, -0.15) is 0 Å². The minimum absolute atomic E-state index is 0.124. The van der Waals surface area contributed by atoms with Gasteiger partial charge in [-0.25, -0.2) is 9.97 Å². The Morgan fingerprint density at radius 3 is 2.28 bits per heavy atom. The van der Waals surface area contributed by atoms with Gasteiger partial charge in [0.05, 0.1) is 23.4 Å². The van der Waals surface area contributed by atoms with Crippen LogP contribution in [-0.2, 0) is 0 Å². The van der Waals surface area contributed by atoms with Crippen LogP contribution in [0, 0.1) is 0 Å². The summed E-state index contributed by atoms with van der Waals surface area (Å²) in [6.45, 7) is 4.55. The van der Waals surface area contributed by atoms with Crippen LogP contribution in [0.25, 0.3) is 11.4 Å². The Labute approximate surface area is 194 Å². The lowest BCUT2D eigenvalue weighted by Gasteiger charge is -2.37. The van der Waals surface area contributed by atoms with Crippen molar-refractivity contribution in [3.05, 3.63) is 65.7 Å². The molecule has 0 radical (unpaired) electrons. The number of aliphatic hydroxyl groups is 1. The zero-order valence-corrected chi connectivity index (χ0v) is 18.8. The van der Waals surface area contributed by atoms with Crippen LogP contribution in [0.15, 0.2) is 60.7 Å². The Bertz CT molecular complexity index is 1060. The minimum Gasteiger partial charge on any atom is -0.394 e. The van der Waals surface area contributed by atoms with Crippen LogP contribution in [-0.4, -0.2) is 60.4 Å². The fourth-order valence-electron chi connectivity index (χ4n) is 4.66. The van der Waals surface area contributed by atoms with Gasteiger partial charge in [-0.3, -0.25) is 0 Å². The molecule has 166 valence electrons. The van der Waals surface area contributed by atoms with Crippen molar-refractivity contribution in [1.29, 1.82) is 0 Å². The van der Waals surface area contributed by atoms with E-state index >= 15 is 0 Å². The maximum atomic E-state index is 9.85. The molecule has 0 saturated carbocycles. The molecule has 2 aliphatic heterocycles. The zero-order valence-electron chi connectivity index (χ0n) is 18.1. The fraction of sp³-hybridized carbons (Fsp3) is 0.360. The van der Waals surface area contributed by atoms with E-state index in [0.717, 1.165) is 79.3 Å². The van der Waals surface area contributed by atoms with Crippen molar-refractivity contribution in [3.8, 4) is 11.4 Å². The third-order valence-electron chi connectivity index (χ3n) is 6.41. The second-order valence-electron chi connectivity index (χ2n) is 8.37. The molecule has 2 fully saturated rings. The maximum Gasteiger partial charge on any atom is 0.163 e. The van der Waals surface area contributed by atoms with Crippen molar-refractivity contribution in [2.24, 2.45) is 0 Å². The van der Waals surface area contributed by atoms with Crippen molar-refractivity contribution in [1.82, 2.24) is 9.97 Å². The highest BCUT2D eigenvalue weighted by Crippen LogP contribution is 2.31. The smallest absolute Gasteiger partial charge is 0.163 e. The zero-order chi connectivity index (χ0) is 21.9. The number of piperazine rings is 1. The molecule has 1 atom stereocenters. The Kier molecular flexibility index (Phi) is 6.14. The highest BCUT2D eigenvalue weighted by molar-refractivity contribution is 6.33. The summed E-state index contributed by atoms with van der Waals surface area (Å²) >= 11 is 6.42. The molecule has 7 heteroatoms. The summed E-state index contributed by atoms with van der Waals surface area (Å²) in [4.78, 5) is 16.7. The summed E-state index contributed by atoms with van der Waals surface area (Å²) in [7, 11) is 0. The highest BCUT2D eigenvalue weighted by atomic mass is 35.5. The van der Waals surface area contributed by atoms with Crippen LogP contribution in [0.4, 0.5) is 17.3 Å². The molecule has 1 aromatic heterocycles. The number of hydrogen-bond acceptors (Lipinski definition) is 6. The summed E-state index contributed by atoms with van der Waals surface area (Å²) < 4.78 is 0. The van der Waals surface area contributed by atoms with Crippen LogP contribution < -0.4 is 14.7 Å². The van der Waals surface area contributed by atoms with E-state index in [0.29, 0.717) is 0 Å². The lowest BCUT2D eigenvalue weighted by molar-refractivity contribution is 0.266. The standard InChI is InChI=1S/C25H28ClN5O/c26-21-10-4-5-11-22(21)29-13-15-30(16-14-29)23-17-24(31-12-6-9-20(31)18-32)28-25(27-23)19-7-2-1-3-8-19/h1-5,7-8,10-11,17,20,32H,6,9,12-16,18H2. The summed E-state index contributed by atoms with van der Waals surface area (Å²) in [6.07, 6.45) is 2.06. The Hall–Kier alpha value is -2.83. The van der Waals surface area contributed by atoms with Crippen molar-refractivity contribution in [2.75, 3.05) is 54.0 Å². The summed E-state index contributed by atoms with van der Waals surface area (Å²) in [5.74, 6) is 2.57. The number of nitrogens with zero attached hydrogens (tertiary/aromatic N) is 5. The van der Waals surface area contributed by atoms with Gasteiger partial charge >= 0.3 is 0 Å². The number of hydrogen-bond donors (Lipinski definition) is 1. The number of para-hydroxylation sites is 1. The van der Waals surface area contributed by atoms with Gasteiger partial charge in [-0.05, 0) is 25.0 Å². The molecule has 5 rings (SSSR count). The molecule has 1 unspecified atom stereocenters. The van der Waals surface area contributed by atoms with E-state index in [9.17, 15) is 5.11 Å². The van der Waals surface area contributed by atoms with E-state index < -0.39 is 0 Å². The van der Waals surface area contributed by atoms with E-state index in [1.165, 1.54) is 0 Å². The summed E-state index contributed by atoms with van der Waals surface area (Å²) in [5, 5.41) is 10.6. The largest absolute Gasteiger partial charge is 0.394 e. The van der Waals surface area contributed by atoms with Crippen LogP contribution in [0.2, 0.25) is 5.02 Å². The molecule has 32 heavy (non-hydrogen) atoms. The van der Waals surface area contributed by atoms with Crippen molar-refractivity contribution >= 4 is 28.9 Å². The number of aromatic nitrogens is 2. The first-order valence-corrected chi connectivity index (χ1v) is 11.7. The third-order valence-corrected chi connectivity index (χ3v) is 6.73. The quantitative estimate of drug-likeness (QED) is 0.633. The van der Waals surface area contributed by atoms with Crippen LogP contribution >= 0.6 is 11.6 Å². The predicted molar refractivity (Wildman–Crippen MR) is 131 cm³/mol. The van der Waals surface area contributed by atoms with Crippen molar-refractivity contribution in [3.63, 3.8) is 0 Å². The first kappa shape index (κ1) is 21.0. The van der Waals surface area contributed by atoms with Gasteiger partial charge in [0.2, 0.25) is 0 Å². The topological polar surface area (TPSA) is 55.7 Å². The molecule has 2 aliphatic rings. The Morgan fingerprint density at radius 2 is 1.53 bits per heavy atom. The molecule has 2 aromatic carbocycles. The summed E-state index contributed by atoms with van der Waals surface area (Å²) in [6, 6.07) is 20.4. The predicted octanol–water partition coefficient (Wildman–Crippen LogP) is 4.08. The first-order chi connectivity index (χ1) is 15.7. The molecule has 3 heterocycles. The molecule has 0 amide bonds. The van der Waals surface area contributed by atoms with Crippen LogP contribution in [0.5, 0.6) is 0 Å². The Balaban J connectivity index is 1.43. The minimum atomic E-state index is 0.124. The fourth-order valence-corrected chi connectivity index (χ4v) is 4.91. The highest BCUT2D eigenvalue weighted by Gasteiger charge is 2.27. The van der Waals surface area contributed by atoms with Crippen molar-refractivity contribution in [2.45, 2.75) is 18.9 Å². The number of benzene rings is 2. The van der Waals surface area contributed by atoms with Gasteiger partial charge in [0, 0.05) is 44.4 Å².